The fourth-order valence-electron chi connectivity index (χ4n) is 4.14. The highest BCUT2D eigenvalue weighted by Crippen LogP contribution is 2.43. The Bertz CT molecular complexity index is 1210. The average molecular weight is 505 g/mol. The third kappa shape index (κ3) is 2.92. The van der Waals surface area contributed by atoms with Gasteiger partial charge in [0.25, 0.3) is 0 Å². The first-order chi connectivity index (χ1) is 14.7. The van der Waals surface area contributed by atoms with E-state index in [1.54, 1.807) is 0 Å². The molecule has 5 rings (SSSR count). The lowest BCUT2D eigenvalue weighted by molar-refractivity contribution is 0.527. The lowest BCUT2D eigenvalue weighted by Gasteiger charge is -2.38. The minimum absolute atomic E-state index is 0.558. The normalized spacial score (nSPS) is 11.7. The number of hydrogen-bond acceptors (Lipinski definition) is 2. The Balaban J connectivity index is 1.98. The third-order valence-corrected chi connectivity index (χ3v) is 6.15. The second kappa shape index (κ2) is 7.65. The van der Waals surface area contributed by atoms with Crippen LogP contribution in [0.3, 0.4) is 0 Å². The van der Waals surface area contributed by atoms with Crippen molar-refractivity contribution in [2.75, 3.05) is 0 Å². The van der Waals surface area contributed by atoms with Gasteiger partial charge in [-0.05, 0) is 39.3 Å². The third-order valence-electron chi connectivity index (χ3n) is 5.36. The molecule has 0 bridgehead atoms. The van der Waals surface area contributed by atoms with Crippen LogP contribution in [0.5, 0.6) is 0 Å². The van der Waals surface area contributed by atoms with Gasteiger partial charge in [-0.25, -0.2) is 9.97 Å². The van der Waals surface area contributed by atoms with Gasteiger partial charge in [0.05, 0.1) is 9.77 Å². The highest BCUT2D eigenvalue weighted by atomic mass is 127. The maximum absolute atomic E-state index is 13.9. The minimum Gasteiger partial charge on any atom is -0.312 e. The topological polar surface area (TPSA) is 30.7 Å². The first-order valence-corrected chi connectivity index (χ1v) is 10.7. The van der Waals surface area contributed by atoms with E-state index in [9.17, 15) is 4.39 Å². The number of rotatable bonds is 4. The molecule has 0 amide bonds. The predicted molar refractivity (Wildman–Crippen MR) is 125 cm³/mol. The van der Waals surface area contributed by atoms with Crippen LogP contribution in [0.15, 0.2) is 103 Å². The van der Waals surface area contributed by atoms with Gasteiger partial charge in [-0.2, -0.15) is 4.39 Å². The van der Waals surface area contributed by atoms with Crippen LogP contribution in [0, 0.1) is 9.52 Å². The maximum Gasteiger partial charge on any atom is 0.232 e. The molecule has 0 aliphatic heterocycles. The summed E-state index contributed by atoms with van der Waals surface area (Å²) in [6.45, 7) is 0. The quantitative estimate of drug-likeness (QED) is 0.221. The van der Waals surface area contributed by atoms with Crippen molar-refractivity contribution in [1.82, 2.24) is 14.5 Å². The van der Waals surface area contributed by atoms with Crippen LogP contribution in [-0.4, -0.2) is 14.5 Å². The standard InChI is InChI=1S/C25H17FIN3/c26-22-16-28-24-23(29-22)21(27)17-30(24)25(18-10-4-1-5-11-18,19-12-6-2-7-13-19)20-14-8-3-9-15-20/h1-17H. The van der Waals surface area contributed by atoms with E-state index in [1.807, 2.05) is 60.8 Å². The second-order valence-electron chi connectivity index (χ2n) is 7.02. The second-order valence-corrected chi connectivity index (χ2v) is 8.18. The number of hydrogen-bond donors (Lipinski definition) is 0. The largest absolute Gasteiger partial charge is 0.312 e. The van der Waals surface area contributed by atoms with Crippen molar-refractivity contribution in [2.24, 2.45) is 0 Å². The molecule has 5 heteroatoms. The van der Waals surface area contributed by atoms with Crippen molar-refractivity contribution in [3.05, 3.63) is 130 Å². The van der Waals surface area contributed by atoms with Crippen LogP contribution >= 0.6 is 22.6 Å². The van der Waals surface area contributed by atoms with Crippen molar-refractivity contribution in [2.45, 2.75) is 5.54 Å². The molecule has 0 aliphatic carbocycles. The van der Waals surface area contributed by atoms with Gasteiger partial charge in [0.1, 0.15) is 11.1 Å². The van der Waals surface area contributed by atoms with Crippen molar-refractivity contribution < 1.29 is 4.39 Å². The Hall–Kier alpha value is -3.06. The summed E-state index contributed by atoms with van der Waals surface area (Å²) in [7, 11) is 0. The van der Waals surface area contributed by atoms with E-state index < -0.39 is 11.5 Å². The molecule has 30 heavy (non-hydrogen) atoms. The molecule has 2 aromatic heterocycles. The first-order valence-electron chi connectivity index (χ1n) is 9.57. The lowest BCUT2D eigenvalue weighted by atomic mass is 9.76. The lowest BCUT2D eigenvalue weighted by Crippen LogP contribution is -2.37. The van der Waals surface area contributed by atoms with Crippen LogP contribution < -0.4 is 0 Å². The van der Waals surface area contributed by atoms with Gasteiger partial charge in [0.2, 0.25) is 5.95 Å². The van der Waals surface area contributed by atoms with Gasteiger partial charge in [-0.15, -0.1) is 0 Å². The Labute approximate surface area is 187 Å². The van der Waals surface area contributed by atoms with Gasteiger partial charge >= 0.3 is 0 Å². The van der Waals surface area contributed by atoms with Gasteiger partial charge in [0.15, 0.2) is 5.65 Å². The fraction of sp³-hybridized carbons (Fsp3) is 0.0400. The van der Waals surface area contributed by atoms with E-state index in [0.29, 0.717) is 11.2 Å². The van der Waals surface area contributed by atoms with Crippen LogP contribution in [0.1, 0.15) is 16.7 Å². The summed E-state index contributed by atoms with van der Waals surface area (Å²) in [5.41, 5.74) is 3.75. The van der Waals surface area contributed by atoms with Crippen molar-refractivity contribution in [3.8, 4) is 0 Å². The van der Waals surface area contributed by atoms with Gasteiger partial charge in [0, 0.05) is 6.20 Å². The van der Waals surface area contributed by atoms with Crippen molar-refractivity contribution >= 4 is 33.8 Å². The molecule has 0 atom stereocenters. The monoisotopic (exact) mass is 505 g/mol. The van der Waals surface area contributed by atoms with Crippen LogP contribution in [0.4, 0.5) is 4.39 Å². The Kier molecular flexibility index (Phi) is 4.83. The van der Waals surface area contributed by atoms with E-state index >= 15 is 0 Å². The SMILES string of the molecule is Fc1cnc2c(n1)c(I)cn2C(c1ccccc1)(c1ccccc1)c1ccccc1. The molecule has 146 valence electrons. The predicted octanol–water partition coefficient (Wildman–Crippen LogP) is 6.02. The molecule has 0 radical (unpaired) electrons. The summed E-state index contributed by atoms with van der Waals surface area (Å²) in [5, 5.41) is 0. The summed E-state index contributed by atoms with van der Waals surface area (Å²) >= 11 is 2.20. The highest BCUT2D eigenvalue weighted by Gasteiger charge is 2.40. The minimum atomic E-state index is -0.696. The zero-order valence-electron chi connectivity index (χ0n) is 15.9. The molecule has 5 aromatic rings. The Morgan fingerprint density at radius 1 is 0.733 bits per heavy atom. The molecule has 3 aromatic carbocycles. The summed E-state index contributed by atoms with van der Waals surface area (Å²) in [6.07, 6.45) is 3.19. The molecule has 0 spiro atoms. The zero-order valence-corrected chi connectivity index (χ0v) is 18.1. The average Bonchev–Trinajstić information content (AvgIpc) is 3.12. The van der Waals surface area contributed by atoms with Crippen LogP contribution in [0.25, 0.3) is 11.2 Å². The number of halogens is 2. The number of benzene rings is 3. The molecular formula is C25H17FIN3. The molecule has 0 aliphatic rings. The van der Waals surface area contributed by atoms with Crippen LogP contribution in [-0.2, 0) is 5.54 Å². The molecule has 2 heterocycles. The molecular weight excluding hydrogens is 488 g/mol. The molecule has 0 saturated heterocycles. The summed E-state index contributed by atoms with van der Waals surface area (Å²) in [5.74, 6) is -0.581. The first kappa shape index (κ1) is 18.9. The van der Waals surface area contributed by atoms with E-state index in [2.05, 4.69) is 73.5 Å². The maximum atomic E-state index is 13.9. The van der Waals surface area contributed by atoms with Crippen LogP contribution in [0.2, 0.25) is 0 Å². The molecule has 0 fully saturated rings. The smallest absolute Gasteiger partial charge is 0.232 e. The summed E-state index contributed by atoms with van der Waals surface area (Å²) in [6, 6.07) is 31.0. The number of nitrogens with zero attached hydrogens (tertiary/aromatic N) is 3. The van der Waals surface area contributed by atoms with E-state index in [4.69, 9.17) is 0 Å². The number of aromatic nitrogens is 3. The zero-order chi connectivity index (χ0) is 20.6. The van der Waals surface area contributed by atoms with Gasteiger partial charge in [-0.3, -0.25) is 0 Å². The summed E-state index contributed by atoms with van der Waals surface area (Å²) < 4.78 is 16.9. The molecule has 3 nitrogen and oxygen atoms in total. The number of fused-ring (bicyclic) bond motifs is 1. The van der Waals surface area contributed by atoms with E-state index in [-0.39, 0.29) is 0 Å². The van der Waals surface area contributed by atoms with E-state index in [0.717, 1.165) is 20.3 Å². The molecule has 0 N–H and O–H groups in total. The summed E-state index contributed by atoms with van der Waals surface area (Å²) in [4.78, 5) is 8.60. The molecule has 0 saturated carbocycles. The van der Waals surface area contributed by atoms with Gasteiger partial charge < -0.3 is 4.57 Å². The van der Waals surface area contributed by atoms with E-state index in [1.165, 1.54) is 6.20 Å². The van der Waals surface area contributed by atoms with Crippen molar-refractivity contribution in [1.29, 1.82) is 0 Å². The highest BCUT2D eigenvalue weighted by molar-refractivity contribution is 14.1. The van der Waals surface area contributed by atoms with Crippen molar-refractivity contribution in [3.63, 3.8) is 0 Å². The molecule has 0 unspecified atom stereocenters. The Morgan fingerprint density at radius 2 is 1.20 bits per heavy atom. The Morgan fingerprint density at radius 3 is 1.67 bits per heavy atom. The van der Waals surface area contributed by atoms with Gasteiger partial charge in [-0.1, -0.05) is 91.0 Å². The fourth-order valence-corrected chi connectivity index (χ4v) is 4.78.